The van der Waals surface area contributed by atoms with Crippen LogP contribution in [0.5, 0.6) is 0 Å². The summed E-state index contributed by atoms with van der Waals surface area (Å²) < 4.78 is 21.3. The third kappa shape index (κ3) is 5.62. The summed E-state index contributed by atoms with van der Waals surface area (Å²) in [6, 6.07) is 6.55. The number of carbonyl (C=O) groups excluding carboxylic acids is 1. The Labute approximate surface area is 106 Å². The minimum absolute atomic E-state index is 0.0404. The van der Waals surface area contributed by atoms with E-state index >= 15 is 0 Å². The van der Waals surface area contributed by atoms with E-state index in [1.807, 2.05) is 6.07 Å². The van der Waals surface area contributed by atoms with Crippen molar-refractivity contribution in [2.24, 2.45) is 10.9 Å². The second-order valence-electron chi connectivity index (χ2n) is 3.65. The van der Waals surface area contributed by atoms with Gasteiger partial charge in [0.1, 0.15) is 0 Å². The molecular formula is C10H16N4O3S. The van der Waals surface area contributed by atoms with E-state index in [0.29, 0.717) is 12.2 Å². The first-order chi connectivity index (χ1) is 8.40. The normalized spacial score (nSPS) is 11.0. The first kappa shape index (κ1) is 14.4. The van der Waals surface area contributed by atoms with Crippen molar-refractivity contribution in [2.45, 2.75) is 6.54 Å². The number of benzene rings is 1. The highest BCUT2D eigenvalue weighted by Crippen LogP contribution is 2.09. The second-order valence-corrected chi connectivity index (χ2v) is 5.39. The fraction of sp³-hybridized carbons (Fsp3) is 0.300. The van der Waals surface area contributed by atoms with Gasteiger partial charge in [0.05, 0.1) is 5.75 Å². The summed E-state index contributed by atoms with van der Waals surface area (Å²) in [6.45, 7) is 0.337. The standard InChI is InChI=1S/C10H16N4O3S/c11-7-8-2-1-3-9(6-8)14-10(15)13-4-5-18(12,16)17/h1-3,6H,4-5,7,11H2,(H2,12,16,17)(H2,13,14,15). The van der Waals surface area contributed by atoms with Gasteiger partial charge in [-0.05, 0) is 17.7 Å². The van der Waals surface area contributed by atoms with Gasteiger partial charge in [0.15, 0.2) is 0 Å². The Morgan fingerprint density at radius 3 is 2.67 bits per heavy atom. The highest BCUT2D eigenvalue weighted by atomic mass is 32.2. The summed E-state index contributed by atoms with van der Waals surface area (Å²) in [7, 11) is -3.56. The van der Waals surface area contributed by atoms with Crippen molar-refractivity contribution in [1.82, 2.24) is 5.32 Å². The van der Waals surface area contributed by atoms with Crippen molar-refractivity contribution < 1.29 is 13.2 Å². The number of carbonyl (C=O) groups is 1. The summed E-state index contributed by atoms with van der Waals surface area (Å²) in [6.07, 6.45) is 0. The van der Waals surface area contributed by atoms with Crippen LogP contribution in [0.3, 0.4) is 0 Å². The number of primary sulfonamides is 1. The van der Waals surface area contributed by atoms with E-state index in [0.717, 1.165) is 5.56 Å². The predicted octanol–water partition coefficient (Wildman–Crippen LogP) is -0.445. The van der Waals surface area contributed by atoms with Crippen LogP contribution in [-0.4, -0.2) is 26.7 Å². The molecule has 0 radical (unpaired) electrons. The van der Waals surface area contributed by atoms with E-state index in [1.165, 1.54) is 0 Å². The molecule has 18 heavy (non-hydrogen) atoms. The molecule has 1 aromatic carbocycles. The Balaban J connectivity index is 2.44. The molecule has 0 aliphatic carbocycles. The minimum atomic E-state index is -3.56. The second kappa shape index (κ2) is 6.34. The summed E-state index contributed by atoms with van der Waals surface area (Å²) in [5.74, 6) is -0.302. The van der Waals surface area contributed by atoms with Crippen molar-refractivity contribution in [1.29, 1.82) is 0 Å². The summed E-state index contributed by atoms with van der Waals surface area (Å²) in [5, 5.41) is 9.75. The van der Waals surface area contributed by atoms with Gasteiger partial charge in [-0.25, -0.2) is 18.4 Å². The lowest BCUT2D eigenvalue weighted by Gasteiger charge is -2.08. The average molecular weight is 272 g/mol. The van der Waals surface area contributed by atoms with Crippen LogP contribution in [0.1, 0.15) is 5.56 Å². The minimum Gasteiger partial charge on any atom is -0.337 e. The Hall–Kier alpha value is -1.64. The molecule has 0 aliphatic rings. The van der Waals surface area contributed by atoms with Gasteiger partial charge in [-0.2, -0.15) is 0 Å². The van der Waals surface area contributed by atoms with E-state index in [9.17, 15) is 13.2 Å². The van der Waals surface area contributed by atoms with Crippen molar-refractivity contribution in [3.63, 3.8) is 0 Å². The highest BCUT2D eigenvalue weighted by molar-refractivity contribution is 7.89. The number of anilines is 1. The molecule has 0 unspecified atom stereocenters. The van der Waals surface area contributed by atoms with Crippen LogP contribution in [-0.2, 0) is 16.6 Å². The number of urea groups is 1. The van der Waals surface area contributed by atoms with Gasteiger partial charge in [0, 0.05) is 18.8 Å². The van der Waals surface area contributed by atoms with E-state index in [2.05, 4.69) is 10.6 Å². The van der Waals surface area contributed by atoms with Crippen molar-refractivity contribution in [2.75, 3.05) is 17.6 Å². The van der Waals surface area contributed by atoms with Crippen molar-refractivity contribution in [3.8, 4) is 0 Å². The van der Waals surface area contributed by atoms with Crippen LogP contribution < -0.4 is 21.5 Å². The summed E-state index contributed by atoms with van der Waals surface area (Å²) >= 11 is 0. The van der Waals surface area contributed by atoms with Crippen LogP contribution in [0.2, 0.25) is 0 Å². The molecule has 0 atom stereocenters. The first-order valence-electron chi connectivity index (χ1n) is 5.25. The maximum absolute atomic E-state index is 11.4. The van der Waals surface area contributed by atoms with Gasteiger partial charge >= 0.3 is 6.03 Å². The average Bonchev–Trinajstić information content (AvgIpc) is 2.27. The fourth-order valence-electron chi connectivity index (χ4n) is 1.26. The van der Waals surface area contributed by atoms with Crippen LogP contribution >= 0.6 is 0 Å². The van der Waals surface area contributed by atoms with Gasteiger partial charge in [0.25, 0.3) is 0 Å². The van der Waals surface area contributed by atoms with Gasteiger partial charge < -0.3 is 16.4 Å². The predicted molar refractivity (Wildman–Crippen MR) is 69.3 cm³/mol. The molecule has 0 saturated carbocycles. The number of nitrogens with two attached hydrogens (primary N) is 2. The largest absolute Gasteiger partial charge is 0.337 e. The number of amides is 2. The zero-order valence-corrected chi connectivity index (χ0v) is 10.5. The molecular weight excluding hydrogens is 256 g/mol. The molecule has 0 fully saturated rings. The molecule has 0 spiro atoms. The molecule has 6 N–H and O–H groups in total. The Morgan fingerprint density at radius 2 is 2.06 bits per heavy atom. The van der Waals surface area contributed by atoms with Crippen LogP contribution in [0.4, 0.5) is 10.5 Å². The van der Waals surface area contributed by atoms with Gasteiger partial charge in [0.2, 0.25) is 10.0 Å². The monoisotopic (exact) mass is 272 g/mol. The number of rotatable bonds is 5. The lowest BCUT2D eigenvalue weighted by atomic mass is 10.2. The summed E-state index contributed by atoms with van der Waals surface area (Å²) in [4.78, 5) is 11.4. The molecule has 1 aromatic rings. The molecule has 0 aliphatic heterocycles. The molecule has 1 rings (SSSR count). The maximum atomic E-state index is 11.4. The zero-order chi connectivity index (χ0) is 13.6. The van der Waals surface area contributed by atoms with E-state index in [4.69, 9.17) is 10.9 Å². The molecule has 0 heterocycles. The lowest BCUT2D eigenvalue weighted by Crippen LogP contribution is -2.34. The quantitative estimate of drug-likeness (QED) is 0.579. The van der Waals surface area contributed by atoms with Gasteiger partial charge in [-0.1, -0.05) is 12.1 Å². The Bertz CT molecular complexity index is 516. The topological polar surface area (TPSA) is 127 Å². The molecule has 0 aromatic heterocycles. The third-order valence-electron chi connectivity index (χ3n) is 2.09. The molecule has 7 nitrogen and oxygen atoms in total. The van der Waals surface area contributed by atoms with E-state index in [-0.39, 0.29) is 12.3 Å². The SMILES string of the molecule is NCc1cccc(NC(=O)NCCS(N)(=O)=O)c1. The van der Waals surface area contributed by atoms with Crippen molar-refractivity contribution >= 4 is 21.7 Å². The number of hydrogen-bond donors (Lipinski definition) is 4. The van der Waals surface area contributed by atoms with Gasteiger partial charge in [-0.15, -0.1) is 0 Å². The van der Waals surface area contributed by atoms with E-state index < -0.39 is 16.1 Å². The molecule has 0 saturated heterocycles. The van der Waals surface area contributed by atoms with Crippen LogP contribution in [0.25, 0.3) is 0 Å². The number of sulfonamides is 1. The smallest absolute Gasteiger partial charge is 0.319 e. The highest BCUT2D eigenvalue weighted by Gasteiger charge is 2.05. The van der Waals surface area contributed by atoms with Crippen LogP contribution in [0, 0.1) is 0 Å². The molecule has 8 heteroatoms. The Morgan fingerprint density at radius 1 is 1.33 bits per heavy atom. The molecule has 2 amide bonds. The van der Waals surface area contributed by atoms with Crippen molar-refractivity contribution in [3.05, 3.63) is 29.8 Å². The van der Waals surface area contributed by atoms with Gasteiger partial charge in [-0.3, -0.25) is 0 Å². The molecule has 100 valence electrons. The maximum Gasteiger partial charge on any atom is 0.319 e. The van der Waals surface area contributed by atoms with Crippen LogP contribution in [0.15, 0.2) is 24.3 Å². The summed E-state index contributed by atoms with van der Waals surface area (Å²) in [5.41, 5.74) is 6.94. The molecule has 0 bridgehead atoms. The first-order valence-corrected chi connectivity index (χ1v) is 6.96. The Kier molecular flexibility index (Phi) is 5.08. The number of nitrogens with one attached hydrogen (secondary N) is 2. The lowest BCUT2D eigenvalue weighted by molar-refractivity contribution is 0.252. The van der Waals surface area contributed by atoms with E-state index in [1.54, 1.807) is 18.2 Å². The fourth-order valence-corrected chi connectivity index (χ4v) is 1.64. The third-order valence-corrected chi connectivity index (χ3v) is 2.87. The zero-order valence-electron chi connectivity index (χ0n) is 9.72. The number of hydrogen-bond acceptors (Lipinski definition) is 4.